The van der Waals surface area contributed by atoms with E-state index in [4.69, 9.17) is 11.0 Å². The molecule has 0 heterocycles. The van der Waals surface area contributed by atoms with Gasteiger partial charge in [-0.2, -0.15) is 5.26 Å². The normalized spacial score (nSPS) is 11.6. The Balaban J connectivity index is 1.92. The molecular formula is C17H19N3. The number of nitrogens with one attached hydrogen (secondary N) is 1. The van der Waals surface area contributed by atoms with Crippen molar-refractivity contribution in [3.8, 4) is 6.07 Å². The van der Waals surface area contributed by atoms with Crippen LogP contribution in [0.2, 0.25) is 0 Å². The highest BCUT2D eigenvalue weighted by Gasteiger charge is 2.05. The Labute approximate surface area is 120 Å². The van der Waals surface area contributed by atoms with Gasteiger partial charge in [-0.3, -0.25) is 0 Å². The highest BCUT2D eigenvalue weighted by Crippen LogP contribution is 2.22. The van der Waals surface area contributed by atoms with Gasteiger partial charge in [0, 0.05) is 6.54 Å². The van der Waals surface area contributed by atoms with Gasteiger partial charge in [0.1, 0.15) is 0 Å². The highest BCUT2D eigenvalue weighted by atomic mass is 14.9. The van der Waals surface area contributed by atoms with E-state index < -0.39 is 0 Å². The zero-order valence-electron chi connectivity index (χ0n) is 11.6. The van der Waals surface area contributed by atoms with Crippen molar-refractivity contribution < 1.29 is 0 Å². The molecule has 3 heteroatoms. The maximum absolute atomic E-state index is 8.90. The maximum Gasteiger partial charge on any atom is 0.0992 e. The molecule has 0 bridgehead atoms. The number of anilines is 2. The van der Waals surface area contributed by atoms with E-state index in [2.05, 4.69) is 42.6 Å². The second-order valence-electron chi connectivity index (χ2n) is 4.94. The number of nitrogens with zero attached hydrogens (tertiary/aromatic N) is 1. The predicted molar refractivity (Wildman–Crippen MR) is 83.5 cm³/mol. The molecule has 0 saturated carbocycles. The summed E-state index contributed by atoms with van der Waals surface area (Å²) in [5.41, 5.74) is 9.38. The Morgan fingerprint density at radius 3 is 2.65 bits per heavy atom. The van der Waals surface area contributed by atoms with E-state index in [1.807, 2.05) is 6.07 Å². The fourth-order valence-corrected chi connectivity index (χ4v) is 2.15. The molecule has 0 radical (unpaired) electrons. The lowest BCUT2D eigenvalue weighted by Gasteiger charge is -2.14. The van der Waals surface area contributed by atoms with Gasteiger partial charge in [0.25, 0.3) is 0 Å². The topological polar surface area (TPSA) is 61.8 Å². The van der Waals surface area contributed by atoms with E-state index in [1.54, 1.807) is 18.2 Å². The standard InChI is InChI=1S/C17H19N3/c1-13(15-5-3-2-4-6-15)9-10-20-17-11-14(12-18)7-8-16(17)19/h2-8,11,13,20H,9-10,19H2,1H3. The van der Waals surface area contributed by atoms with Crippen LogP contribution in [0.5, 0.6) is 0 Å². The quantitative estimate of drug-likeness (QED) is 0.809. The Morgan fingerprint density at radius 2 is 1.95 bits per heavy atom. The molecule has 0 aliphatic rings. The van der Waals surface area contributed by atoms with E-state index in [-0.39, 0.29) is 0 Å². The van der Waals surface area contributed by atoms with Gasteiger partial charge < -0.3 is 11.1 Å². The van der Waals surface area contributed by atoms with Gasteiger partial charge in [0.2, 0.25) is 0 Å². The van der Waals surface area contributed by atoms with Gasteiger partial charge in [0.15, 0.2) is 0 Å². The Kier molecular flexibility index (Phi) is 4.62. The van der Waals surface area contributed by atoms with E-state index in [1.165, 1.54) is 5.56 Å². The van der Waals surface area contributed by atoms with E-state index in [9.17, 15) is 0 Å². The molecule has 20 heavy (non-hydrogen) atoms. The predicted octanol–water partition coefficient (Wildman–Crippen LogP) is 3.75. The van der Waals surface area contributed by atoms with Crippen LogP contribution in [-0.4, -0.2) is 6.54 Å². The molecule has 2 aromatic carbocycles. The molecule has 0 aliphatic carbocycles. The molecule has 3 N–H and O–H groups in total. The number of nitrogen functional groups attached to an aromatic ring is 1. The second-order valence-corrected chi connectivity index (χ2v) is 4.94. The third-order valence-electron chi connectivity index (χ3n) is 3.44. The van der Waals surface area contributed by atoms with Crippen LogP contribution in [0.25, 0.3) is 0 Å². The Morgan fingerprint density at radius 1 is 1.20 bits per heavy atom. The first kappa shape index (κ1) is 14.0. The third kappa shape index (κ3) is 3.52. The van der Waals surface area contributed by atoms with Crippen molar-refractivity contribution >= 4 is 11.4 Å². The minimum absolute atomic E-state index is 0.490. The summed E-state index contributed by atoms with van der Waals surface area (Å²) in [4.78, 5) is 0. The first-order chi connectivity index (χ1) is 9.70. The van der Waals surface area contributed by atoms with Crippen LogP contribution < -0.4 is 11.1 Å². The maximum atomic E-state index is 8.90. The van der Waals surface area contributed by atoms with Gasteiger partial charge in [0.05, 0.1) is 23.0 Å². The largest absolute Gasteiger partial charge is 0.397 e. The number of rotatable bonds is 5. The molecule has 0 aromatic heterocycles. The minimum Gasteiger partial charge on any atom is -0.397 e. The average Bonchev–Trinajstić information content (AvgIpc) is 2.50. The molecule has 0 spiro atoms. The summed E-state index contributed by atoms with van der Waals surface area (Å²) in [6.45, 7) is 3.04. The van der Waals surface area contributed by atoms with Gasteiger partial charge in [-0.05, 0) is 36.1 Å². The zero-order valence-corrected chi connectivity index (χ0v) is 11.6. The Hall–Kier alpha value is -2.47. The lowest BCUT2D eigenvalue weighted by Crippen LogP contribution is -2.07. The van der Waals surface area contributed by atoms with Crippen LogP contribution in [0.4, 0.5) is 11.4 Å². The van der Waals surface area contributed by atoms with Gasteiger partial charge in [-0.25, -0.2) is 0 Å². The number of nitriles is 1. The lowest BCUT2D eigenvalue weighted by molar-refractivity contribution is 0.706. The van der Waals surface area contributed by atoms with Crippen molar-refractivity contribution in [3.05, 3.63) is 59.7 Å². The van der Waals surface area contributed by atoms with E-state index >= 15 is 0 Å². The van der Waals surface area contributed by atoms with Crippen molar-refractivity contribution in [2.24, 2.45) is 0 Å². The number of benzene rings is 2. The Bertz CT molecular complexity index is 599. The molecular weight excluding hydrogens is 246 g/mol. The zero-order chi connectivity index (χ0) is 14.4. The minimum atomic E-state index is 0.490. The van der Waals surface area contributed by atoms with Crippen molar-refractivity contribution in [1.29, 1.82) is 5.26 Å². The second kappa shape index (κ2) is 6.63. The molecule has 2 rings (SSSR count). The monoisotopic (exact) mass is 265 g/mol. The first-order valence-corrected chi connectivity index (χ1v) is 6.79. The summed E-state index contributed by atoms with van der Waals surface area (Å²) < 4.78 is 0. The van der Waals surface area contributed by atoms with E-state index in [0.29, 0.717) is 17.2 Å². The van der Waals surface area contributed by atoms with Crippen LogP contribution in [0.3, 0.4) is 0 Å². The van der Waals surface area contributed by atoms with Crippen molar-refractivity contribution in [2.45, 2.75) is 19.3 Å². The van der Waals surface area contributed by atoms with Crippen LogP contribution in [0.15, 0.2) is 48.5 Å². The summed E-state index contributed by atoms with van der Waals surface area (Å²) in [5, 5.41) is 12.2. The van der Waals surface area contributed by atoms with Crippen LogP contribution >= 0.6 is 0 Å². The summed E-state index contributed by atoms with van der Waals surface area (Å²) in [6.07, 6.45) is 1.01. The van der Waals surface area contributed by atoms with E-state index in [0.717, 1.165) is 18.7 Å². The fourth-order valence-electron chi connectivity index (χ4n) is 2.15. The molecule has 0 amide bonds. The summed E-state index contributed by atoms with van der Waals surface area (Å²) in [6, 6.07) is 17.9. The fraction of sp³-hybridized carbons (Fsp3) is 0.235. The van der Waals surface area contributed by atoms with Crippen molar-refractivity contribution in [3.63, 3.8) is 0 Å². The van der Waals surface area contributed by atoms with Crippen LogP contribution in [0, 0.1) is 11.3 Å². The molecule has 3 nitrogen and oxygen atoms in total. The summed E-state index contributed by atoms with van der Waals surface area (Å²) in [7, 11) is 0. The molecule has 0 saturated heterocycles. The molecule has 102 valence electrons. The number of hydrogen-bond donors (Lipinski definition) is 2. The number of nitrogens with two attached hydrogens (primary N) is 1. The van der Waals surface area contributed by atoms with Crippen molar-refractivity contribution in [2.75, 3.05) is 17.6 Å². The smallest absolute Gasteiger partial charge is 0.0992 e. The van der Waals surface area contributed by atoms with Crippen LogP contribution in [-0.2, 0) is 0 Å². The summed E-state index contributed by atoms with van der Waals surface area (Å²) in [5.74, 6) is 0.490. The number of hydrogen-bond acceptors (Lipinski definition) is 3. The highest BCUT2D eigenvalue weighted by molar-refractivity contribution is 5.68. The van der Waals surface area contributed by atoms with Gasteiger partial charge in [-0.15, -0.1) is 0 Å². The first-order valence-electron chi connectivity index (χ1n) is 6.79. The third-order valence-corrected chi connectivity index (χ3v) is 3.44. The van der Waals surface area contributed by atoms with Gasteiger partial charge >= 0.3 is 0 Å². The van der Waals surface area contributed by atoms with Crippen molar-refractivity contribution in [1.82, 2.24) is 0 Å². The molecule has 0 aliphatic heterocycles. The summed E-state index contributed by atoms with van der Waals surface area (Å²) >= 11 is 0. The SMILES string of the molecule is CC(CCNc1cc(C#N)ccc1N)c1ccccc1. The van der Waals surface area contributed by atoms with Gasteiger partial charge in [-0.1, -0.05) is 37.3 Å². The molecule has 0 fully saturated rings. The molecule has 1 atom stereocenters. The molecule has 2 aromatic rings. The molecule has 1 unspecified atom stereocenters. The lowest BCUT2D eigenvalue weighted by atomic mass is 9.98. The average molecular weight is 265 g/mol. The van der Waals surface area contributed by atoms with Crippen LogP contribution in [0.1, 0.15) is 30.4 Å².